The molecule has 0 bridgehead atoms. The molecule has 0 radical (unpaired) electrons. The molecular formula is C13H13ClN2O4S. The normalized spacial score (nSPS) is 13.2. The van der Waals surface area contributed by atoms with Crippen molar-refractivity contribution in [3.05, 3.63) is 40.6 Å². The van der Waals surface area contributed by atoms with Crippen LogP contribution in [0, 0.1) is 16.0 Å². The van der Waals surface area contributed by atoms with Gasteiger partial charge in [0.2, 0.25) is 0 Å². The zero-order valence-corrected chi connectivity index (χ0v) is 12.8. The molecule has 2 aromatic rings. The Bertz CT molecular complexity index is 792. The molecule has 1 aromatic carbocycles. The van der Waals surface area contributed by atoms with Gasteiger partial charge < -0.3 is 0 Å². The second-order valence-electron chi connectivity index (χ2n) is 4.78. The molecule has 0 saturated heterocycles. The Morgan fingerprint density at radius 3 is 2.71 bits per heavy atom. The number of rotatable bonds is 5. The van der Waals surface area contributed by atoms with Crippen molar-refractivity contribution < 1.29 is 13.3 Å². The first kappa shape index (κ1) is 15.7. The number of hydrogen-bond acceptors (Lipinski definition) is 5. The predicted octanol–water partition coefficient (Wildman–Crippen LogP) is 2.79. The van der Waals surface area contributed by atoms with E-state index in [9.17, 15) is 18.5 Å². The monoisotopic (exact) mass is 328 g/mol. The Morgan fingerprint density at radius 2 is 2.10 bits per heavy atom. The van der Waals surface area contributed by atoms with Gasteiger partial charge in [-0.3, -0.25) is 15.1 Å². The SMILES string of the molecule is CC(CCl)CS(=O)(=O)c1ccc2ncccc2c1[N+](=O)[O-]. The van der Waals surface area contributed by atoms with Gasteiger partial charge in [0.05, 0.1) is 21.6 Å². The van der Waals surface area contributed by atoms with Gasteiger partial charge in [0.1, 0.15) is 4.90 Å². The smallest absolute Gasteiger partial charge is 0.258 e. The molecule has 112 valence electrons. The van der Waals surface area contributed by atoms with Gasteiger partial charge in [-0.2, -0.15) is 0 Å². The first-order valence-corrected chi connectivity index (χ1v) is 8.36. The number of halogens is 1. The number of sulfone groups is 1. The summed E-state index contributed by atoms with van der Waals surface area (Å²) < 4.78 is 24.8. The summed E-state index contributed by atoms with van der Waals surface area (Å²) in [4.78, 5) is 14.4. The fraction of sp³-hybridized carbons (Fsp3) is 0.308. The van der Waals surface area contributed by atoms with E-state index in [1.54, 1.807) is 6.92 Å². The number of nitro benzene ring substituents is 1. The van der Waals surface area contributed by atoms with E-state index in [0.29, 0.717) is 5.52 Å². The number of pyridine rings is 1. The van der Waals surface area contributed by atoms with Gasteiger partial charge >= 0.3 is 0 Å². The van der Waals surface area contributed by atoms with Crippen LogP contribution in [0.1, 0.15) is 6.92 Å². The lowest BCUT2D eigenvalue weighted by Gasteiger charge is -2.10. The van der Waals surface area contributed by atoms with Crippen LogP contribution in [0.15, 0.2) is 35.4 Å². The second-order valence-corrected chi connectivity index (χ2v) is 7.09. The molecule has 1 aromatic heterocycles. The molecule has 21 heavy (non-hydrogen) atoms. The summed E-state index contributed by atoms with van der Waals surface area (Å²) in [6, 6.07) is 5.74. The third kappa shape index (κ3) is 3.14. The number of benzene rings is 1. The van der Waals surface area contributed by atoms with Crippen LogP contribution >= 0.6 is 11.6 Å². The summed E-state index contributed by atoms with van der Waals surface area (Å²) >= 11 is 5.63. The molecule has 6 nitrogen and oxygen atoms in total. The summed E-state index contributed by atoms with van der Waals surface area (Å²) in [7, 11) is -3.79. The molecule has 0 aliphatic carbocycles. The molecule has 2 rings (SSSR count). The highest BCUT2D eigenvalue weighted by Crippen LogP contribution is 2.32. The predicted molar refractivity (Wildman–Crippen MR) is 80.3 cm³/mol. The lowest BCUT2D eigenvalue weighted by atomic mass is 10.2. The second kappa shape index (κ2) is 5.95. The molecule has 0 N–H and O–H groups in total. The highest BCUT2D eigenvalue weighted by atomic mass is 35.5. The number of hydrogen-bond donors (Lipinski definition) is 0. The molecule has 0 fully saturated rings. The first-order chi connectivity index (χ1) is 9.86. The average Bonchev–Trinajstić information content (AvgIpc) is 2.45. The van der Waals surface area contributed by atoms with Gasteiger partial charge in [0.15, 0.2) is 9.84 Å². The van der Waals surface area contributed by atoms with E-state index in [4.69, 9.17) is 11.6 Å². The summed E-state index contributed by atoms with van der Waals surface area (Å²) in [6.07, 6.45) is 1.50. The van der Waals surface area contributed by atoms with Crippen LogP contribution < -0.4 is 0 Å². The third-order valence-corrected chi connectivity index (χ3v) is 5.54. The third-order valence-electron chi connectivity index (χ3n) is 3.00. The van der Waals surface area contributed by atoms with Crippen molar-refractivity contribution in [2.75, 3.05) is 11.6 Å². The fourth-order valence-corrected chi connectivity index (χ4v) is 4.10. The quantitative estimate of drug-likeness (QED) is 0.478. The minimum Gasteiger partial charge on any atom is -0.258 e. The summed E-state index contributed by atoms with van der Waals surface area (Å²) in [5.74, 6) is -0.355. The van der Waals surface area contributed by atoms with Crippen LogP contribution in [0.5, 0.6) is 0 Å². The minimum absolute atomic E-state index is 0.169. The van der Waals surface area contributed by atoms with E-state index >= 15 is 0 Å². The van der Waals surface area contributed by atoms with Gasteiger partial charge in [-0.05, 0) is 30.2 Å². The van der Waals surface area contributed by atoms with Crippen LogP contribution in [-0.2, 0) is 9.84 Å². The zero-order chi connectivity index (χ0) is 15.6. The van der Waals surface area contributed by atoms with Crippen molar-refractivity contribution in [3.8, 4) is 0 Å². The number of aromatic nitrogens is 1. The molecule has 0 aliphatic heterocycles. The largest absolute Gasteiger partial charge is 0.297 e. The molecule has 0 saturated carbocycles. The van der Waals surface area contributed by atoms with Crippen molar-refractivity contribution in [3.63, 3.8) is 0 Å². The maximum atomic E-state index is 12.4. The van der Waals surface area contributed by atoms with Crippen LogP contribution in [-0.4, -0.2) is 30.0 Å². The zero-order valence-electron chi connectivity index (χ0n) is 11.2. The fourth-order valence-electron chi connectivity index (χ4n) is 2.07. The van der Waals surface area contributed by atoms with Crippen molar-refractivity contribution in [2.24, 2.45) is 5.92 Å². The van der Waals surface area contributed by atoms with Crippen LogP contribution in [0.4, 0.5) is 5.69 Å². The Kier molecular flexibility index (Phi) is 4.43. The van der Waals surface area contributed by atoms with Gasteiger partial charge in [0.25, 0.3) is 5.69 Å². The van der Waals surface area contributed by atoms with E-state index in [-0.39, 0.29) is 27.8 Å². The molecule has 0 amide bonds. The van der Waals surface area contributed by atoms with E-state index in [2.05, 4.69) is 4.98 Å². The molecule has 1 atom stereocenters. The lowest BCUT2D eigenvalue weighted by molar-refractivity contribution is -0.386. The standard InChI is InChI=1S/C13H13ClN2O4S/c1-9(7-14)8-21(19,20)12-5-4-11-10(3-2-6-15-11)13(12)16(17)18/h2-6,9H,7-8H2,1H3. The Morgan fingerprint density at radius 1 is 1.38 bits per heavy atom. The molecule has 0 aliphatic rings. The average molecular weight is 329 g/mol. The lowest BCUT2D eigenvalue weighted by Crippen LogP contribution is -2.16. The molecule has 0 spiro atoms. The van der Waals surface area contributed by atoms with Gasteiger partial charge in [0, 0.05) is 12.1 Å². The van der Waals surface area contributed by atoms with Crippen LogP contribution in [0.25, 0.3) is 10.9 Å². The van der Waals surface area contributed by atoms with Crippen LogP contribution in [0.2, 0.25) is 0 Å². The molecule has 1 unspecified atom stereocenters. The summed E-state index contributed by atoms with van der Waals surface area (Å²) in [6.45, 7) is 1.68. The minimum atomic E-state index is -3.79. The number of fused-ring (bicyclic) bond motifs is 1. The van der Waals surface area contributed by atoms with Gasteiger partial charge in [-0.25, -0.2) is 8.42 Å². The van der Waals surface area contributed by atoms with Crippen molar-refractivity contribution >= 4 is 38.0 Å². The Hall–Kier alpha value is -1.73. The number of nitro groups is 1. The maximum absolute atomic E-state index is 12.4. The van der Waals surface area contributed by atoms with Crippen molar-refractivity contribution in [2.45, 2.75) is 11.8 Å². The summed E-state index contributed by atoms with van der Waals surface area (Å²) in [5, 5.41) is 11.5. The Labute approximate surface area is 126 Å². The van der Waals surface area contributed by atoms with E-state index < -0.39 is 20.4 Å². The van der Waals surface area contributed by atoms with E-state index in [0.717, 1.165) is 0 Å². The van der Waals surface area contributed by atoms with E-state index in [1.165, 1.54) is 30.5 Å². The van der Waals surface area contributed by atoms with E-state index in [1.807, 2.05) is 0 Å². The number of nitrogens with zero attached hydrogens (tertiary/aromatic N) is 2. The molecule has 8 heteroatoms. The molecule has 1 heterocycles. The highest BCUT2D eigenvalue weighted by Gasteiger charge is 2.29. The van der Waals surface area contributed by atoms with Crippen LogP contribution in [0.3, 0.4) is 0 Å². The summed E-state index contributed by atoms with van der Waals surface area (Å²) in [5.41, 5.74) is -0.0454. The maximum Gasteiger partial charge on any atom is 0.297 e. The highest BCUT2D eigenvalue weighted by molar-refractivity contribution is 7.91. The number of alkyl halides is 1. The molecular weight excluding hydrogens is 316 g/mol. The van der Waals surface area contributed by atoms with Gasteiger partial charge in [-0.15, -0.1) is 11.6 Å². The Balaban J connectivity index is 2.69. The first-order valence-electron chi connectivity index (χ1n) is 6.17. The van der Waals surface area contributed by atoms with Gasteiger partial charge in [-0.1, -0.05) is 6.92 Å². The topological polar surface area (TPSA) is 90.2 Å². The van der Waals surface area contributed by atoms with Crippen molar-refractivity contribution in [1.82, 2.24) is 4.98 Å². The van der Waals surface area contributed by atoms with Crippen molar-refractivity contribution in [1.29, 1.82) is 0 Å².